The molecule has 11 atom stereocenters. The highest BCUT2D eigenvalue weighted by atomic mass is 31.3. The van der Waals surface area contributed by atoms with Crippen molar-refractivity contribution in [3.05, 3.63) is 16.7 Å². The van der Waals surface area contributed by atoms with Gasteiger partial charge in [0.1, 0.15) is 42.7 Å². The zero-order valence-electron chi connectivity index (χ0n) is 19.3. The summed E-state index contributed by atoms with van der Waals surface area (Å²) in [5, 5.41) is 59.1. The van der Waals surface area contributed by atoms with E-state index in [9.17, 15) is 49.2 Å². The second kappa shape index (κ2) is 11.2. The summed E-state index contributed by atoms with van der Waals surface area (Å²) in [5.41, 5.74) is 4.48. The van der Waals surface area contributed by atoms with E-state index >= 15 is 0 Å². The number of phosphoric ester groups is 2. The van der Waals surface area contributed by atoms with E-state index in [-0.39, 0.29) is 17.1 Å². The molecule has 2 aliphatic heterocycles. The van der Waals surface area contributed by atoms with Gasteiger partial charge in [-0.1, -0.05) is 0 Å². The molecule has 0 aliphatic carbocycles. The van der Waals surface area contributed by atoms with Gasteiger partial charge in [-0.3, -0.25) is 28.0 Å². The number of anilines is 1. The van der Waals surface area contributed by atoms with E-state index in [1.807, 2.05) is 0 Å². The van der Waals surface area contributed by atoms with Crippen LogP contribution in [-0.2, 0) is 32.0 Å². The average molecular weight is 603 g/mol. The first-order valence-corrected chi connectivity index (χ1v) is 13.8. The Morgan fingerprint density at radius 2 is 1.69 bits per heavy atom. The van der Waals surface area contributed by atoms with Crippen molar-refractivity contribution in [2.45, 2.75) is 55.2 Å². The van der Waals surface area contributed by atoms with Crippen LogP contribution in [0.4, 0.5) is 5.95 Å². The Bertz CT molecular complexity index is 1340. The third kappa shape index (κ3) is 6.22. The molecular formula is C16H23N5O16P2-2. The lowest BCUT2D eigenvalue weighted by molar-refractivity contribution is -0.305. The number of nitrogens with one attached hydrogen (secondary N) is 1. The lowest BCUT2D eigenvalue weighted by Crippen LogP contribution is -2.59. The van der Waals surface area contributed by atoms with Gasteiger partial charge in [-0.2, -0.15) is 4.98 Å². The number of ether oxygens (including phenoxy) is 2. The highest BCUT2D eigenvalue weighted by Gasteiger charge is 2.47. The number of aliphatic hydroxyl groups excluding tert-OH is 6. The number of nitrogen functional groups attached to an aromatic ring is 1. The summed E-state index contributed by atoms with van der Waals surface area (Å²) in [6.07, 6.45) is -15.5. The summed E-state index contributed by atoms with van der Waals surface area (Å²) in [7, 11) is -11.7. The smallest absolute Gasteiger partial charge is 0.280 e. The quantitative estimate of drug-likeness (QED) is 0.124. The highest BCUT2D eigenvalue weighted by molar-refractivity contribution is 7.59. The van der Waals surface area contributed by atoms with Crippen molar-refractivity contribution < 1.29 is 72.4 Å². The van der Waals surface area contributed by atoms with Crippen LogP contribution >= 0.6 is 15.6 Å². The predicted octanol–water partition coefficient (Wildman–Crippen LogP) is -5.89. The largest absolute Gasteiger partial charge is 0.756 e. The van der Waals surface area contributed by atoms with Gasteiger partial charge in [0.2, 0.25) is 5.95 Å². The summed E-state index contributed by atoms with van der Waals surface area (Å²) in [4.78, 5) is 46.1. The van der Waals surface area contributed by atoms with E-state index < -0.39 is 89.7 Å². The molecule has 4 heterocycles. The van der Waals surface area contributed by atoms with Gasteiger partial charge in [-0.05, 0) is 0 Å². The average Bonchev–Trinajstić information content (AvgIpc) is 3.38. The van der Waals surface area contributed by atoms with Gasteiger partial charge >= 0.3 is 0 Å². The summed E-state index contributed by atoms with van der Waals surface area (Å²) in [6, 6.07) is 0. The molecule has 220 valence electrons. The molecule has 0 aromatic carbocycles. The van der Waals surface area contributed by atoms with E-state index in [1.165, 1.54) is 0 Å². The fourth-order valence-corrected chi connectivity index (χ4v) is 5.92. The van der Waals surface area contributed by atoms with Crippen molar-refractivity contribution in [2.75, 3.05) is 18.9 Å². The predicted molar refractivity (Wildman–Crippen MR) is 116 cm³/mol. The van der Waals surface area contributed by atoms with Crippen molar-refractivity contribution in [1.29, 1.82) is 0 Å². The van der Waals surface area contributed by atoms with Crippen LogP contribution < -0.4 is 21.1 Å². The van der Waals surface area contributed by atoms with Gasteiger partial charge in [-0.15, -0.1) is 0 Å². The molecule has 0 bridgehead atoms. The van der Waals surface area contributed by atoms with Crippen LogP contribution in [0.15, 0.2) is 11.1 Å². The number of hydrogen-bond donors (Lipinski definition) is 8. The molecule has 2 unspecified atom stereocenters. The summed E-state index contributed by atoms with van der Waals surface area (Å²) < 4.78 is 48.1. The van der Waals surface area contributed by atoms with Crippen molar-refractivity contribution in [2.24, 2.45) is 0 Å². The third-order valence-electron chi connectivity index (χ3n) is 5.74. The monoisotopic (exact) mass is 603 g/mol. The maximum Gasteiger partial charge on any atom is 0.280 e. The second-order valence-corrected chi connectivity index (χ2v) is 11.3. The first-order chi connectivity index (χ1) is 18.1. The molecule has 0 saturated carbocycles. The van der Waals surface area contributed by atoms with E-state index in [1.54, 1.807) is 0 Å². The number of aromatic amines is 1. The molecule has 2 aliphatic rings. The summed E-state index contributed by atoms with van der Waals surface area (Å²) >= 11 is 0. The van der Waals surface area contributed by atoms with Gasteiger partial charge in [0, 0.05) is 0 Å². The van der Waals surface area contributed by atoms with Crippen LogP contribution in [0.1, 0.15) is 6.23 Å². The molecule has 23 heteroatoms. The summed E-state index contributed by atoms with van der Waals surface area (Å²) in [5.74, 6) is -0.292. The highest BCUT2D eigenvalue weighted by Crippen LogP contribution is 2.57. The van der Waals surface area contributed by atoms with Crippen LogP contribution in [0.3, 0.4) is 0 Å². The van der Waals surface area contributed by atoms with Gasteiger partial charge < -0.3 is 60.2 Å². The van der Waals surface area contributed by atoms with E-state index in [0.717, 1.165) is 10.9 Å². The lowest BCUT2D eigenvalue weighted by Gasteiger charge is -2.41. The molecule has 2 fully saturated rings. The second-order valence-electron chi connectivity index (χ2n) is 8.40. The molecule has 2 saturated heterocycles. The van der Waals surface area contributed by atoms with E-state index in [4.69, 9.17) is 20.3 Å². The molecule has 4 rings (SSSR count). The summed E-state index contributed by atoms with van der Waals surface area (Å²) in [6.45, 7) is -2.01. The lowest BCUT2D eigenvalue weighted by atomic mass is 10.00. The number of rotatable bonds is 9. The van der Waals surface area contributed by atoms with Gasteiger partial charge in [-0.25, -0.2) is 9.29 Å². The number of nitrogens with zero attached hydrogens (tertiary/aromatic N) is 3. The Hall–Kier alpha value is -1.91. The zero-order chi connectivity index (χ0) is 28.9. The number of hydrogen-bond acceptors (Lipinski definition) is 19. The topological polar surface area (TPSA) is 337 Å². The Balaban J connectivity index is 1.39. The van der Waals surface area contributed by atoms with Crippen molar-refractivity contribution in [1.82, 2.24) is 19.5 Å². The Morgan fingerprint density at radius 3 is 2.36 bits per heavy atom. The molecule has 0 radical (unpaired) electrons. The van der Waals surface area contributed by atoms with Crippen molar-refractivity contribution in [3.63, 3.8) is 0 Å². The van der Waals surface area contributed by atoms with Gasteiger partial charge in [0.05, 0.1) is 19.5 Å². The van der Waals surface area contributed by atoms with Crippen LogP contribution in [0.5, 0.6) is 0 Å². The minimum absolute atomic E-state index is 0.135. The molecule has 21 nitrogen and oxygen atoms in total. The number of nitrogens with two attached hydrogens (primary N) is 1. The zero-order valence-corrected chi connectivity index (χ0v) is 21.1. The van der Waals surface area contributed by atoms with Crippen LogP contribution in [0.25, 0.3) is 11.2 Å². The number of H-pyrrole nitrogens is 1. The van der Waals surface area contributed by atoms with Crippen molar-refractivity contribution in [3.8, 4) is 0 Å². The fraction of sp³-hybridized carbons (Fsp3) is 0.688. The molecule has 39 heavy (non-hydrogen) atoms. The minimum atomic E-state index is -5.91. The standard InChI is InChI=1S/C16H25N5O16P2/c17-16-19-12-6(13(28)20-16)18-3-21(12)14-10(26)8(24)5(34-14)2-33-38(29,30)37-39(31,32)36-15-11(27)9(25)7(23)4(1-22)35-15/h3-5,7-11,14-15,22-27H,1-2H2,(H,29,30)(H,31,32)(H3,17,19,20,28)/p-2/t4-,5-,7+,8-,9+,10-,11-,14-,15-/m1/s1. The van der Waals surface area contributed by atoms with Gasteiger partial charge in [0.25, 0.3) is 21.2 Å². The maximum atomic E-state index is 12.1. The minimum Gasteiger partial charge on any atom is -0.756 e. The maximum absolute atomic E-state index is 12.1. The van der Waals surface area contributed by atoms with Crippen LogP contribution in [0, 0.1) is 0 Å². The van der Waals surface area contributed by atoms with Crippen LogP contribution in [-0.4, -0.2) is 112 Å². The van der Waals surface area contributed by atoms with Gasteiger partial charge in [0.15, 0.2) is 23.7 Å². The number of imidazole rings is 1. The van der Waals surface area contributed by atoms with E-state index in [0.29, 0.717) is 0 Å². The number of fused-ring (bicyclic) bond motifs is 1. The number of aromatic nitrogens is 4. The SMILES string of the molecule is Nc1nc2c(ncn2[C@@H]2O[C@H](COP(=O)([O-])OP(=O)([O-])O[C@H]3O[C@H](CO)[C@H](O)[C@H](O)[C@H]3O)[C@@H](O)[C@H]2O)c(=O)[nH]1. The van der Waals surface area contributed by atoms with Crippen LogP contribution in [0.2, 0.25) is 0 Å². The first kappa shape index (κ1) is 30.1. The number of phosphoric acid groups is 2. The Morgan fingerprint density at radius 1 is 1.03 bits per heavy atom. The number of aliphatic hydroxyl groups is 6. The Kier molecular flexibility index (Phi) is 8.60. The van der Waals surface area contributed by atoms with Crippen molar-refractivity contribution >= 4 is 32.8 Å². The third-order valence-corrected chi connectivity index (χ3v) is 8.27. The normalized spacial score (nSPS) is 36.6. The molecule has 0 amide bonds. The molecule has 2 aromatic rings. The van der Waals surface area contributed by atoms with E-state index in [2.05, 4.69) is 28.3 Å². The Labute approximate surface area is 216 Å². The fourth-order valence-electron chi connectivity index (χ4n) is 3.84. The molecule has 2 aromatic heterocycles. The molecule has 9 N–H and O–H groups in total. The first-order valence-electron chi connectivity index (χ1n) is 10.8. The molecule has 0 spiro atoms. The molecular weight excluding hydrogens is 580 g/mol.